The normalized spacial score (nSPS) is 22.3. The van der Waals surface area contributed by atoms with Gasteiger partial charge in [0.15, 0.2) is 12.1 Å². The van der Waals surface area contributed by atoms with Crippen molar-refractivity contribution in [2.24, 2.45) is 0 Å². The number of ether oxygens (including phenoxy) is 4. The zero-order chi connectivity index (χ0) is 15.2. The van der Waals surface area contributed by atoms with Gasteiger partial charge in [-0.1, -0.05) is 30.3 Å². The van der Waals surface area contributed by atoms with E-state index in [1.807, 2.05) is 30.3 Å². The van der Waals surface area contributed by atoms with Gasteiger partial charge in [0.2, 0.25) is 0 Å². The Labute approximate surface area is 125 Å². The van der Waals surface area contributed by atoms with E-state index in [9.17, 15) is 4.79 Å². The second kappa shape index (κ2) is 7.66. The van der Waals surface area contributed by atoms with Gasteiger partial charge in [-0.25, -0.2) is 0 Å². The monoisotopic (exact) mass is 294 g/mol. The summed E-state index contributed by atoms with van der Waals surface area (Å²) in [6, 6.07) is 9.77. The molecule has 1 heterocycles. The van der Waals surface area contributed by atoms with Crippen molar-refractivity contribution in [1.29, 1.82) is 0 Å². The molecule has 2 rings (SSSR count). The Morgan fingerprint density at radius 3 is 2.52 bits per heavy atom. The molecule has 0 saturated carbocycles. The van der Waals surface area contributed by atoms with Crippen molar-refractivity contribution in [2.45, 2.75) is 44.6 Å². The van der Waals surface area contributed by atoms with Crippen LogP contribution in [0.1, 0.15) is 18.9 Å². The largest absolute Gasteiger partial charge is 0.366 e. The van der Waals surface area contributed by atoms with Crippen LogP contribution in [0.5, 0.6) is 0 Å². The first-order chi connectivity index (χ1) is 10.2. The first-order valence-corrected chi connectivity index (χ1v) is 7.06. The molecule has 1 aliphatic rings. The molecule has 0 amide bonds. The number of benzene rings is 1. The Morgan fingerprint density at radius 1 is 1.24 bits per heavy atom. The molecule has 1 saturated heterocycles. The highest BCUT2D eigenvalue weighted by Crippen LogP contribution is 2.29. The first-order valence-electron chi connectivity index (χ1n) is 7.06. The number of hydrogen-bond acceptors (Lipinski definition) is 5. The lowest BCUT2D eigenvalue weighted by Gasteiger charge is -2.12. The predicted molar refractivity (Wildman–Crippen MR) is 76.8 cm³/mol. The highest BCUT2D eigenvalue weighted by Gasteiger charge is 2.47. The Kier molecular flexibility index (Phi) is 5.87. The summed E-state index contributed by atoms with van der Waals surface area (Å²) in [5.41, 5.74) is 1.05. The van der Waals surface area contributed by atoms with Crippen molar-refractivity contribution in [3.8, 4) is 0 Å². The lowest BCUT2D eigenvalue weighted by Crippen LogP contribution is -2.27. The van der Waals surface area contributed by atoms with Crippen molar-refractivity contribution in [3.05, 3.63) is 35.9 Å². The predicted octanol–water partition coefficient (Wildman–Crippen LogP) is 1.94. The second-order valence-electron chi connectivity index (χ2n) is 5.07. The molecular formula is C16H22O5. The fraction of sp³-hybridized carbons (Fsp3) is 0.562. The van der Waals surface area contributed by atoms with Crippen molar-refractivity contribution in [1.82, 2.24) is 0 Å². The van der Waals surface area contributed by atoms with Crippen LogP contribution in [0.2, 0.25) is 0 Å². The van der Waals surface area contributed by atoms with Crippen LogP contribution >= 0.6 is 0 Å². The summed E-state index contributed by atoms with van der Waals surface area (Å²) in [6.07, 6.45) is -0.805. The van der Waals surface area contributed by atoms with Gasteiger partial charge < -0.3 is 18.9 Å². The Hall–Kier alpha value is -1.27. The van der Waals surface area contributed by atoms with Gasteiger partial charge in [0.05, 0.1) is 12.7 Å². The van der Waals surface area contributed by atoms with E-state index < -0.39 is 12.2 Å². The highest BCUT2D eigenvalue weighted by atomic mass is 16.7. The lowest BCUT2D eigenvalue weighted by atomic mass is 10.1. The maximum atomic E-state index is 12.2. The van der Waals surface area contributed by atoms with E-state index in [0.29, 0.717) is 13.0 Å². The third-order valence-corrected chi connectivity index (χ3v) is 3.56. The summed E-state index contributed by atoms with van der Waals surface area (Å²) >= 11 is 0. The maximum Gasteiger partial charge on any atom is 0.192 e. The van der Waals surface area contributed by atoms with Crippen LogP contribution in [0.25, 0.3) is 0 Å². The molecule has 1 fully saturated rings. The van der Waals surface area contributed by atoms with E-state index in [1.165, 1.54) is 0 Å². The minimum atomic E-state index is -0.483. The molecule has 0 unspecified atom stereocenters. The SMILES string of the molecule is COC(C[C@H]1O[C@@H]1C(=O)[C@H](C)OCc1ccccc1)OC. The molecule has 5 nitrogen and oxygen atoms in total. The van der Waals surface area contributed by atoms with Gasteiger partial charge in [-0.2, -0.15) is 0 Å². The van der Waals surface area contributed by atoms with Crippen LogP contribution in [0.15, 0.2) is 30.3 Å². The third kappa shape index (κ3) is 4.61. The van der Waals surface area contributed by atoms with E-state index in [1.54, 1.807) is 21.1 Å². The van der Waals surface area contributed by atoms with Crippen molar-refractivity contribution in [3.63, 3.8) is 0 Å². The van der Waals surface area contributed by atoms with Crippen LogP contribution in [0.4, 0.5) is 0 Å². The molecule has 116 valence electrons. The lowest BCUT2D eigenvalue weighted by molar-refractivity contribution is -0.131. The van der Waals surface area contributed by atoms with Crippen LogP contribution < -0.4 is 0 Å². The molecule has 0 aromatic heterocycles. The topological polar surface area (TPSA) is 57.3 Å². The fourth-order valence-corrected chi connectivity index (χ4v) is 2.16. The zero-order valence-electron chi connectivity index (χ0n) is 12.7. The summed E-state index contributed by atoms with van der Waals surface area (Å²) in [5.74, 6) is -0.0260. The molecule has 0 bridgehead atoms. The molecular weight excluding hydrogens is 272 g/mol. The number of carbonyl (C=O) groups is 1. The Morgan fingerprint density at radius 2 is 1.90 bits per heavy atom. The van der Waals surface area contributed by atoms with Gasteiger partial charge >= 0.3 is 0 Å². The van der Waals surface area contributed by atoms with E-state index in [-0.39, 0.29) is 18.2 Å². The average Bonchev–Trinajstić information content (AvgIpc) is 3.29. The summed E-state index contributed by atoms with van der Waals surface area (Å²) < 4.78 is 21.2. The van der Waals surface area contributed by atoms with Crippen LogP contribution in [0.3, 0.4) is 0 Å². The Balaban J connectivity index is 1.74. The van der Waals surface area contributed by atoms with Crippen LogP contribution in [-0.4, -0.2) is 44.6 Å². The fourth-order valence-electron chi connectivity index (χ4n) is 2.16. The molecule has 1 aromatic carbocycles. The van der Waals surface area contributed by atoms with Gasteiger partial charge in [0.25, 0.3) is 0 Å². The van der Waals surface area contributed by atoms with Crippen LogP contribution in [-0.2, 0) is 30.3 Å². The van der Waals surface area contributed by atoms with Gasteiger partial charge in [-0.3, -0.25) is 4.79 Å². The molecule has 0 N–H and O–H groups in total. The smallest absolute Gasteiger partial charge is 0.192 e. The molecule has 5 heteroatoms. The van der Waals surface area contributed by atoms with Crippen LogP contribution in [0, 0.1) is 0 Å². The van der Waals surface area contributed by atoms with Gasteiger partial charge in [0.1, 0.15) is 12.2 Å². The van der Waals surface area contributed by atoms with Gasteiger partial charge in [-0.15, -0.1) is 0 Å². The van der Waals surface area contributed by atoms with Crippen molar-refractivity contribution >= 4 is 5.78 Å². The average molecular weight is 294 g/mol. The molecule has 21 heavy (non-hydrogen) atoms. The number of carbonyl (C=O) groups excluding carboxylic acids is 1. The summed E-state index contributed by atoms with van der Waals surface area (Å²) in [5, 5.41) is 0. The standard InChI is InChI=1S/C16H22O5/c1-11(20-10-12-7-5-4-6-8-12)15(17)16-13(21-16)9-14(18-2)19-3/h4-8,11,13-14,16H,9-10H2,1-3H3/t11-,13+,16-/m0/s1. The molecule has 0 radical (unpaired) electrons. The molecule has 1 aliphatic heterocycles. The minimum absolute atomic E-state index is 0.0260. The quantitative estimate of drug-likeness (QED) is 0.514. The third-order valence-electron chi connectivity index (χ3n) is 3.56. The van der Waals surface area contributed by atoms with Gasteiger partial charge in [0, 0.05) is 20.6 Å². The summed E-state index contributed by atoms with van der Waals surface area (Å²) in [4.78, 5) is 12.2. The first kappa shape index (κ1) is 16.1. The van der Waals surface area contributed by atoms with Crippen molar-refractivity contribution in [2.75, 3.05) is 14.2 Å². The van der Waals surface area contributed by atoms with E-state index in [4.69, 9.17) is 18.9 Å². The number of methoxy groups -OCH3 is 2. The number of Topliss-reactive ketones (excluding diaryl/α,β-unsaturated/α-hetero) is 1. The molecule has 0 aliphatic carbocycles. The number of rotatable bonds is 9. The van der Waals surface area contributed by atoms with E-state index >= 15 is 0 Å². The molecule has 0 spiro atoms. The number of epoxide rings is 1. The zero-order valence-corrected chi connectivity index (χ0v) is 12.7. The van der Waals surface area contributed by atoms with E-state index in [2.05, 4.69) is 0 Å². The second-order valence-corrected chi connectivity index (χ2v) is 5.07. The van der Waals surface area contributed by atoms with Gasteiger partial charge in [-0.05, 0) is 12.5 Å². The minimum Gasteiger partial charge on any atom is -0.366 e. The van der Waals surface area contributed by atoms with Crippen molar-refractivity contribution < 1.29 is 23.7 Å². The highest BCUT2D eigenvalue weighted by molar-refractivity contribution is 5.89. The maximum absolute atomic E-state index is 12.2. The number of ketones is 1. The van der Waals surface area contributed by atoms with E-state index in [0.717, 1.165) is 5.56 Å². The summed E-state index contributed by atoms with van der Waals surface area (Å²) in [6.45, 7) is 2.18. The number of hydrogen-bond donors (Lipinski definition) is 0. The summed E-state index contributed by atoms with van der Waals surface area (Å²) in [7, 11) is 3.14. The molecule has 1 aromatic rings. The molecule has 3 atom stereocenters. The Bertz CT molecular complexity index is 443.